The Kier molecular flexibility index (Phi) is 4.42. The zero-order valence-electron chi connectivity index (χ0n) is 16.8. The van der Waals surface area contributed by atoms with Crippen molar-refractivity contribution in [1.29, 1.82) is 10.7 Å². The number of amides is 1. The van der Waals surface area contributed by atoms with Gasteiger partial charge in [0.05, 0.1) is 29.8 Å². The molecule has 3 fully saturated rings. The van der Waals surface area contributed by atoms with Crippen molar-refractivity contribution in [1.82, 2.24) is 24.6 Å². The molecule has 0 spiro atoms. The molecule has 5 rings (SSSR count). The molecule has 9 heteroatoms. The average molecular weight is 404 g/mol. The van der Waals surface area contributed by atoms with Crippen molar-refractivity contribution >= 4 is 18.1 Å². The Morgan fingerprint density at radius 1 is 1.37 bits per heavy atom. The number of fused-ring (bicyclic) bond motifs is 2. The Balaban J connectivity index is 1.35. The van der Waals surface area contributed by atoms with Crippen LogP contribution in [0.25, 0.3) is 11.1 Å². The minimum atomic E-state index is -0.107. The van der Waals surface area contributed by atoms with Gasteiger partial charge in [0, 0.05) is 55.7 Å². The summed E-state index contributed by atoms with van der Waals surface area (Å²) in [7, 11) is 1.88. The van der Waals surface area contributed by atoms with Crippen molar-refractivity contribution in [3.8, 4) is 17.2 Å². The molecule has 2 N–H and O–H groups in total. The van der Waals surface area contributed by atoms with Gasteiger partial charge in [-0.1, -0.05) is 0 Å². The van der Waals surface area contributed by atoms with E-state index >= 15 is 0 Å². The predicted octanol–water partition coefficient (Wildman–Crippen LogP) is 1.60. The van der Waals surface area contributed by atoms with Gasteiger partial charge < -0.3 is 14.8 Å². The van der Waals surface area contributed by atoms with E-state index in [2.05, 4.69) is 26.0 Å². The fraction of sp³-hybridized carbons (Fsp3) is 0.476. The second-order valence-electron chi connectivity index (χ2n) is 8.40. The number of nitriles is 1. The number of nitrogens with zero attached hydrogens (tertiary/aromatic N) is 6. The minimum Gasteiger partial charge on any atom is -0.358 e. The van der Waals surface area contributed by atoms with Gasteiger partial charge in [0.2, 0.25) is 5.91 Å². The number of likely N-dealkylation sites (tertiary alicyclic amines) is 1. The Morgan fingerprint density at radius 2 is 2.13 bits per heavy atom. The number of aliphatic imine (C=N–C) groups is 1. The molecule has 2 aromatic rings. The molecule has 2 aromatic heterocycles. The van der Waals surface area contributed by atoms with E-state index in [1.165, 1.54) is 0 Å². The normalized spacial score (nSPS) is 27.8. The van der Waals surface area contributed by atoms with Gasteiger partial charge in [0.1, 0.15) is 6.34 Å². The lowest BCUT2D eigenvalue weighted by Crippen LogP contribution is -2.57. The molecule has 0 radical (unpaired) electrons. The molecule has 4 atom stereocenters. The van der Waals surface area contributed by atoms with Crippen molar-refractivity contribution < 1.29 is 4.79 Å². The SMILES string of the molecule is Cn1cc(-c2c[nH]c(/C(=N\C=N)N3CC4CCC(C3)N4C(=O)[C@H]3C[C@H]3C#N)c2)cn1. The van der Waals surface area contributed by atoms with Gasteiger partial charge in [-0.25, -0.2) is 4.99 Å². The van der Waals surface area contributed by atoms with Gasteiger partial charge in [-0.15, -0.1) is 0 Å². The summed E-state index contributed by atoms with van der Waals surface area (Å²) in [5.74, 6) is 0.669. The molecule has 154 valence electrons. The molecule has 2 aliphatic heterocycles. The lowest BCUT2D eigenvalue weighted by atomic mass is 10.1. The monoisotopic (exact) mass is 404 g/mol. The summed E-state index contributed by atoms with van der Waals surface area (Å²) in [5.41, 5.74) is 2.88. The maximum atomic E-state index is 12.9. The molecule has 9 nitrogen and oxygen atoms in total. The van der Waals surface area contributed by atoms with E-state index in [-0.39, 0.29) is 29.8 Å². The first-order valence-electron chi connectivity index (χ1n) is 10.3. The number of aryl methyl sites for hydroxylation is 1. The van der Waals surface area contributed by atoms with Crippen molar-refractivity contribution in [2.45, 2.75) is 31.3 Å². The number of carbonyl (C=O) groups excluding carboxylic acids is 1. The molecule has 4 heterocycles. The average Bonchev–Trinajstić information content (AvgIpc) is 3.01. The van der Waals surface area contributed by atoms with Crippen LogP contribution in [0.4, 0.5) is 0 Å². The van der Waals surface area contributed by atoms with Crippen LogP contribution in [0.3, 0.4) is 0 Å². The van der Waals surface area contributed by atoms with Gasteiger partial charge >= 0.3 is 0 Å². The first-order chi connectivity index (χ1) is 14.6. The Hall–Kier alpha value is -3.41. The van der Waals surface area contributed by atoms with E-state index < -0.39 is 0 Å². The molecule has 1 amide bonds. The maximum Gasteiger partial charge on any atom is 0.227 e. The third-order valence-corrected chi connectivity index (χ3v) is 6.46. The summed E-state index contributed by atoms with van der Waals surface area (Å²) >= 11 is 0. The topological polar surface area (TPSA) is 117 Å². The van der Waals surface area contributed by atoms with Crippen LogP contribution in [0.15, 0.2) is 29.6 Å². The molecular weight excluding hydrogens is 380 g/mol. The van der Waals surface area contributed by atoms with Crippen LogP contribution in [0.5, 0.6) is 0 Å². The molecule has 3 aliphatic rings. The molecule has 2 saturated heterocycles. The number of H-pyrrole nitrogens is 1. The van der Waals surface area contributed by atoms with Crippen LogP contribution >= 0.6 is 0 Å². The number of nitrogens with one attached hydrogen (secondary N) is 2. The number of amidine groups is 1. The third kappa shape index (κ3) is 3.09. The first-order valence-corrected chi connectivity index (χ1v) is 10.3. The summed E-state index contributed by atoms with van der Waals surface area (Å²) in [4.78, 5) is 24.8. The van der Waals surface area contributed by atoms with Crippen LogP contribution in [0.2, 0.25) is 0 Å². The summed E-state index contributed by atoms with van der Waals surface area (Å²) in [5, 5.41) is 20.9. The molecule has 0 aromatic carbocycles. The molecular formula is C21H24N8O. The molecule has 1 saturated carbocycles. The number of carbonyl (C=O) groups is 1. The second kappa shape index (κ2) is 7.13. The minimum absolute atomic E-state index is 0.102. The van der Waals surface area contributed by atoms with Crippen molar-refractivity contribution in [3.05, 3.63) is 30.4 Å². The largest absolute Gasteiger partial charge is 0.358 e. The van der Waals surface area contributed by atoms with E-state index in [0.717, 1.165) is 41.8 Å². The quantitative estimate of drug-likeness (QED) is 0.594. The van der Waals surface area contributed by atoms with Crippen LogP contribution in [-0.2, 0) is 11.8 Å². The number of aromatic amines is 1. The van der Waals surface area contributed by atoms with Gasteiger partial charge in [-0.2, -0.15) is 10.4 Å². The van der Waals surface area contributed by atoms with E-state index in [1.807, 2.05) is 36.6 Å². The van der Waals surface area contributed by atoms with Gasteiger partial charge in [-0.05, 0) is 25.3 Å². The van der Waals surface area contributed by atoms with E-state index in [4.69, 9.17) is 10.7 Å². The van der Waals surface area contributed by atoms with E-state index in [9.17, 15) is 4.79 Å². The van der Waals surface area contributed by atoms with Crippen molar-refractivity contribution in [3.63, 3.8) is 0 Å². The summed E-state index contributed by atoms with van der Waals surface area (Å²) in [6.45, 7) is 1.39. The number of aromatic nitrogens is 3. The number of rotatable bonds is 4. The predicted molar refractivity (Wildman–Crippen MR) is 111 cm³/mol. The van der Waals surface area contributed by atoms with Crippen LogP contribution in [0.1, 0.15) is 25.0 Å². The highest BCUT2D eigenvalue weighted by Crippen LogP contribution is 2.42. The van der Waals surface area contributed by atoms with Gasteiger partial charge in [0.25, 0.3) is 0 Å². The molecule has 30 heavy (non-hydrogen) atoms. The van der Waals surface area contributed by atoms with E-state index in [1.54, 1.807) is 4.68 Å². The summed E-state index contributed by atoms with van der Waals surface area (Å²) in [6.07, 6.45) is 9.42. The first kappa shape index (κ1) is 18.6. The number of hydrogen-bond donors (Lipinski definition) is 2. The van der Waals surface area contributed by atoms with E-state index in [0.29, 0.717) is 19.5 Å². The second-order valence-corrected chi connectivity index (χ2v) is 8.40. The van der Waals surface area contributed by atoms with Crippen molar-refractivity contribution in [2.24, 2.45) is 23.9 Å². The molecule has 2 bridgehead atoms. The standard InChI is InChI=1S/C21H24N8O/c1-27-9-15(8-26-27)14-5-19(24-7-14)20(25-12-23)28-10-16-2-3-17(11-28)29(16)21(30)18-4-13(18)6-22/h5,7-9,12-13,16-18,23-24H,2-4,10-11H2,1H3/b23-12?,25-20+/t13-,16?,17?,18-/m0/s1. The smallest absolute Gasteiger partial charge is 0.227 e. The van der Waals surface area contributed by atoms with Crippen LogP contribution in [0, 0.1) is 28.6 Å². The summed E-state index contributed by atoms with van der Waals surface area (Å²) in [6, 6.07) is 4.54. The van der Waals surface area contributed by atoms with Gasteiger partial charge in [-0.3, -0.25) is 14.9 Å². The van der Waals surface area contributed by atoms with Crippen LogP contribution in [-0.4, -0.2) is 67.8 Å². The molecule has 1 aliphatic carbocycles. The Labute approximate surface area is 174 Å². The highest BCUT2D eigenvalue weighted by Gasteiger charge is 2.51. The van der Waals surface area contributed by atoms with Gasteiger partial charge in [0.15, 0.2) is 5.84 Å². The fourth-order valence-electron chi connectivity index (χ4n) is 4.88. The van der Waals surface area contributed by atoms with Crippen LogP contribution < -0.4 is 0 Å². The number of hydrogen-bond acceptors (Lipinski definition) is 4. The lowest BCUT2D eigenvalue weighted by molar-refractivity contribution is -0.137. The molecule has 2 unspecified atom stereocenters. The highest BCUT2D eigenvalue weighted by atomic mass is 16.2. The summed E-state index contributed by atoms with van der Waals surface area (Å²) < 4.78 is 1.76. The zero-order chi connectivity index (χ0) is 20.8. The van der Waals surface area contributed by atoms with Crippen molar-refractivity contribution in [2.75, 3.05) is 13.1 Å². The Morgan fingerprint density at radius 3 is 2.73 bits per heavy atom. The highest BCUT2D eigenvalue weighted by molar-refractivity contribution is 6.02. The zero-order valence-corrected chi connectivity index (χ0v) is 16.8. The lowest BCUT2D eigenvalue weighted by Gasteiger charge is -2.42. The Bertz CT molecular complexity index is 1050. The third-order valence-electron chi connectivity index (χ3n) is 6.46. The number of piperazine rings is 1. The fourth-order valence-corrected chi connectivity index (χ4v) is 4.88. The maximum absolute atomic E-state index is 12.9.